The van der Waals surface area contributed by atoms with Crippen molar-refractivity contribution in [2.75, 3.05) is 39.3 Å². The molecule has 1 fully saturated rings. The topological polar surface area (TPSA) is 68.8 Å². The molecule has 1 amide bonds. The van der Waals surface area contributed by atoms with Gasteiger partial charge < -0.3 is 16.0 Å². The third-order valence-electron chi connectivity index (χ3n) is 4.35. The van der Waals surface area contributed by atoms with Gasteiger partial charge in [0.1, 0.15) is 0 Å². The van der Waals surface area contributed by atoms with Crippen molar-refractivity contribution in [1.82, 2.24) is 20.9 Å². The third-order valence-corrected chi connectivity index (χ3v) is 4.35. The molecule has 1 aliphatic heterocycles. The zero-order chi connectivity index (χ0) is 18.9. The van der Waals surface area contributed by atoms with Crippen LogP contribution >= 0.6 is 24.0 Å². The van der Waals surface area contributed by atoms with Gasteiger partial charge in [-0.1, -0.05) is 12.2 Å². The number of hydrogen-bond acceptors (Lipinski definition) is 3. The molecule has 0 aromatic rings. The van der Waals surface area contributed by atoms with Gasteiger partial charge in [-0.2, -0.15) is 0 Å². The first kappa shape index (κ1) is 25.2. The van der Waals surface area contributed by atoms with Crippen molar-refractivity contribution in [1.29, 1.82) is 0 Å². The van der Waals surface area contributed by atoms with Crippen LogP contribution in [0.1, 0.15) is 47.5 Å². The molecule has 0 atom stereocenters. The van der Waals surface area contributed by atoms with Crippen molar-refractivity contribution in [3.8, 4) is 0 Å². The summed E-state index contributed by atoms with van der Waals surface area (Å²) >= 11 is 0. The molecule has 0 spiro atoms. The summed E-state index contributed by atoms with van der Waals surface area (Å²) < 4.78 is 0. The van der Waals surface area contributed by atoms with E-state index in [0.717, 1.165) is 45.0 Å². The lowest BCUT2D eigenvalue weighted by Crippen LogP contribution is -2.49. The largest absolute Gasteiger partial charge is 0.357 e. The summed E-state index contributed by atoms with van der Waals surface area (Å²) in [4.78, 5) is 19.2. The van der Waals surface area contributed by atoms with Gasteiger partial charge in [-0.15, -0.1) is 24.0 Å². The van der Waals surface area contributed by atoms with E-state index in [1.807, 2.05) is 20.8 Å². The van der Waals surface area contributed by atoms with Crippen LogP contribution in [0.4, 0.5) is 0 Å². The van der Waals surface area contributed by atoms with Crippen LogP contribution in [-0.2, 0) is 4.79 Å². The lowest BCUT2D eigenvalue weighted by atomic mass is 9.92. The van der Waals surface area contributed by atoms with Crippen molar-refractivity contribution in [3.63, 3.8) is 0 Å². The Labute approximate surface area is 176 Å². The monoisotopic (exact) mass is 479 g/mol. The molecule has 0 radical (unpaired) electrons. The maximum absolute atomic E-state index is 12.1. The molecule has 0 bridgehead atoms. The van der Waals surface area contributed by atoms with E-state index in [0.29, 0.717) is 19.1 Å². The van der Waals surface area contributed by atoms with Gasteiger partial charge in [-0.3, -0.25) is 14.7 Å². The fraction of sp³-hybridized carbons (Fsp3) is 0.789. The van der Waals surface area contributed by atoms with Gasteiger partial charge >= 0.3 is 0 Å². The molecular formula is C19H38IN5O. The van der Waals surface area contributed by atoms with Gasteiger partial charge in [0.15, 0.2) is 5.96 Å². The fourth-order valence-electron chi connectivity index (χ4n) is 2.88. The Hall–Kier alpha value is -0.830. The highest BCUT2D eigenvalue weighted by Gasteiger charge is 2.27. The number of aliphatic imine (C=N–C) groups is 1. The molecular weight excluding hydrogens is 441 g/mol. The van der Waals surface area contributed by atoms with Crippen LogP contribution in [0.2, 0.25) is 0 Å². The van der Waals surface area contributed by atoms with Crippen molar-refractivity contribution in [2.45, 2.75) is 53.5 Å². The Morgan fingerprint density at radius 2 is 1.77 bits per heavy atom. The lowest BCUT2D eigenvalue weighted by molar-refractivity contribution is -0.128. The van der Waals surface area contributed by atoms with Gasteiger partial charge in [-0.25, -0.2) is 0 Å². The number of guanidine groups is 1. The average molecular weight is 479 g/mol. The minimum Gasteiger partial charge on any atom is -0.357 e. The zero-order valence-corrected chi connectivity index (χ0v) is 19.5. The number of halogens is 1. The Bertz CT molecular complexity index is 471. The second-order valence-corrected chi connectivity index (χ2v) is 7.59. The first-order valence-electron chi connectivity index (χ1n) is 9.48. The van der Waals surface area contributed by atoms with Crippen LogP contribution in [0.15, 0.2) is 17.1 Å². The molecule has 0 aromatic carbocycles. The first-order valence-corrected chi connectivity index (χ1v) is 9.48. The van der Waals surface area contributed by atoms with Crippen LogP contribution in [0.5, 0.6) is 0 Å². The number of hydrogen-bond donors (Lipinski definition) is 3. The van der Waals surface area contributed by atoms with E-state index in [2.05, 4.69) is 46.3 Å². The molecule has 26 heavy (non-hydrogen) atoms. The predicted octanol–water partition coefficient (Wildman–Crippen LogP) is 2.36. The highest BCUT2D eigenvalue weighted by molar-refractivity contribution is 14.0. The molecule has 1 saturated heterocycles. The van der Waals surface area contributed by atoms with Gasteiger partial charge in [0, 0.05) is 38.8 Å². The summed E-state index contributed by atoms with van der Waals surface area (Å²) in [6.45, 7) is 19.0. The van der Waals surface area contributed by atoms with E-state index in [-0.39, 0.29) is 29.9 Å². The van der Waals surface area contributed by atoms with Gasteiger partial charge in [-0.05, 0) is 47.5 Å². The molecule has 6 nitrogen and oxygen atoms in total. The number of carbonyl (C=O) groups is 1. The highest BCUT2D eigenvalue weighted by atomic mass is 127. The summed E-state index contributed by atoms with van der Waals surface area (Å²) in [5, 5.41) is 9.71. The van der Waals surface area contributed by atoms with E-state index in [1.54, 1.807) is 0 Å². The van der Waals surface area contributed by atoms with E-state index in [1.165, 1.54) is 5.57 Å². The highest BCUT2D eigenvalue weighted by Crippen LogP contribution is 2.16. The third kappa shape index (κ3) is 9.21. The first-order chi connectivity index (χ1) is 11.8. The minimum absolute atomic E-state index is 0. The zero-order valence-electron chi connectivity index (χ0n) is 17.2. The van der Waals surface area contributed by atoms with E-state index in [9.17, 15) is 4.79 Å². The van der Waals surface area contributed by atoms with Crippen LogP contribution in [0.3, 0.4) is 0 Å². The van der Waals surface area contributed by atoms with Crippen LogP contribution in [-0.4, -0.2) is 62.1 Å². The average Bonchev–Trinajstić information content (AvgIpc) is 2.54. The quantitative estimate of drug-likeness (QED) is 0.217. The summed E-state index contributed by atoms with van der Waals surface area (Å²) in [5.74, 6) is 0.848. The van der Waals surface area contributed by atoms with E-state index in [4.69, 9.17) is 0 Å². The number of amides is 1. The van der Waals surface area contributed by atoms with Crippen molar-refractivity contribution < 1.29 is 4.79 Å². The Kier molecular flexibility index (Phi) is 12.1. The van der Waals surface area contributed by atoms with Gasteiger partial charge in [0.2, 0.25) is 5.91 Å². The molecule has 0 unspecified atom stereocenters. The molecule has 1 aliphatic rings. The summed E-state index contributed by atoms with van der Waals surface area (Å²) in [7, 11) is 0. The van der Waals surface area contributed by atoms with E-state index >= 15 is 0 Å². The van der Waals surface area contributed by atoms with E-state index < -0.39 is 5.41 Å². The Morgan fingerprint density at radius 1 is 1.19 bits per heavy atom. The van der Waals surface area contributed by atoms with Crippen LogP contribution in [0.25, 0.3) is 0 Å². The number of piperidine rings is 1. The second-order valence-electron chi connectivity index (χ2n) is 7.59. The minimum atomic E-state index is -0.511. The predicted molar refractivity (Wildman–Crippen MR) is 121 cm³/mol. The summed E-state index contributed by atoms with van der Waals surface area (Å²) in [6.07, 6.45) is 2.19. The van der Waals surface area contributed by atoms with Gasteiger partial charge in [0.25, 0.3) is 0 Å². The lowest BCUT2D eigenvalue weighted by Gasteiger charge is -2.33. The van der Waals surface area contributed by atoms with Crippen LogP contribution in [0, 0.1) is 5.41 Å². The molecule has 0 aliphatic carbocycles. The fourth-order valence-corrected chi connectivity index (χ4v) is 2.88. The summed E-state index contributed by atoms with van der Waals surface area (Å²) in [6, 6.07) is 0.423. The number of likely N-dealkylation sites (tertiary alicyclic amines) is 1. The molecule has 0 aromatic heterocycles. The second kappa shape index (κ2) is 12.5. The van der Waals surface area contributed by atoms with Gasteiger partial charge in [0.05, 0.1) is 12.0 Å². The summed E-state index contributed by atoms with van der Waals surface area (Å²) in [5.41, 5.74) is 0.706. The molecule has 3 N–H and O–H groups in total. The standard InChI is InChI=1S/C19H37N5O.HI/c1-7-20-17(25)19(5,6)14-22-18(21-8-2)23-16-9-11-24(12-10-16)13-15(3)4;/h16H,3,7-14H2,1-2,4-6H3,(H,20,25)(H2,21,22,23);1H. The molecule has 1 heterocycles. The van der Waals surface area contributed by atoms with Crippen molar-refractivity contribution in [2.24, 2.45) is 10.4 Å². The van der Waals surface area contributed by atoms with Crippen LogP contribution < -0.4 is 16.0 Å². The maximum Gasteiger partial charge on any atom is 0.227 e. The maximum atomic E-state index is 12.1. The van der Waals surface area contributed by atoms with Crippen molar-refractivity contribution in [3.05, 3.63) is 12.2 Å². The number of rotatable bonds is 8. The molecule has 7 heteroatoms. The smallest absolute Gasteiger partial charge is 0.227 e. The molecule has 152 valence electrons. The molecule has 1 rings (SSSR count). The number of nitrogens with one attached hydrogen (secondary N) is 3. The van der Waals surface area contributed by atoms with Crippen molar-refractivity contribution >= 4 is 35.8 Å². The number of carbonyl (C=O) groups excluding carboxylic acids is 1. The Morgan fingerprint density at radius 3 is 2.27 bits per heavy atom. The Balaban J connectivity index is 0.00000625. The normalized spacial score (nSPS) is 16.6. The molecule has 0 saturated carbocycles. The number of nitrogens with zero attached hydrogens (tertiary/aromatic N) is 2. The SMILES string of the molecule is C=C(C)CN1CCC(NC(=NCC(C)(C)C(=O)NCC)NCC)CC1.I.